The molecule has 1 nitrogen and oxygen atoms in total. The average molecular weight is 231 g/mol. The molecule has 2 N–H and O–H groups in total. The highest BCUT2D eigenvalue weighted by Gasteiger charge is 2.14. The molecule has 1 aromatic carbocycles. The van der Waals surface area contributed by atoms with Crippen LogP contribution in [0.25, 0.3) is 0 Å². The fourth-order valence-electron chi connectivity index (χ4n) is 2.83. The van der Waals surface area contributed by atoms with E-state index in [1.54, 1.807) is 0 Å². The van der Waals surface area contributed by atoms with Crippen LogP contribution in [0.2, 0.25) is 0 Å². The van der Waals surface area contributed by atoms with Gasteiger partial charge in [0.25, 0.3) is 0 Å². The first-order valence-electron chi connectivity index (χ1n) is 7.04. The van der Waals surface area contributed by atoms with Crippen molar-refractivity contribution < 1.29 is 0 Å². The van der Waals surface area contributed by atoms with Crippen LogP contribution in [0.5, 0.6) is 0 Å². The number of hydrogen-bond acceptors (Lipinski definition) is 1. The molecule has 0 aliphatic heterocycles. The van der Waals surface area contributed by atoms with Gasteiger partial charge in [0.2, 0.25) is 0 Å². The number of nitrogens with two attached hydrogens (primary N) is 1. The molecule has 0 heterocycles. The number of fused-ring (bicyclic) bond motifs is 1. The van der Waals surface area contributed by atoms with E-state index in [1.807, 2.05) is 0 Å². The van der Waals surface area contributed by atoms with Crippen molar-refractivity contribution in [2.75, 3.05) is 0 Å². The van der Waals surface area contributed by atoms with Crippen LogP contribution in [0.1, 0.15) is 62.3 Å². The van der Waals surface area contributed by atoms with Crippen molar-refractivity contribution in [2.45, 2.75) is 58.4 Å². The Kier molecular flexibility index (Phi) is 4.22. The monoisotopic (exact) mass is 231 g/mol. The van der Waals surface area contributed by atoms with Crippen molar-refractivity contribution in [3.8, 4) is 0 Å². The summed E-state index contributed by atoms with van der Waals surface area (Å²) in [6, 6.07) is 7.24. The van der Waals surface area contributed by atoms with Gasteiger partial charge in [0, 0.05) is 6.04 Å². The van der Waals surface area contributed by atoms with Crippen molar-refractivity contribution in [3.63, 3.8) is 0 Å². The van der Waals surface area contributed by atoms with E-state index in [9.17, 15) is 0 Å². The van der Waals surface area contributed by atoms with E-state index in [0.717, 1.165) is 12.3 Å². The van der Waals surface area contributed by atoms with E-state index < -0.39 is 0 Å². The SMILES string of the molecule is CC(C)Cc1ccc2c(c1)C(N)CCCCC2. The summed E-state index contributed by atoms with van der Waals surface area (Å²) in [6.07, 6.45) is 7.47. The molecule has 1 aliphatic carbocycles. The Morgan fingerprint density at radius 3 is 2.82 bits per heavy atom. The van der Waals surface area contributed by atoms with Crippen LogP contribution < -0.4 is 5.73 Å². The first kappa shape index (κ1) is 12.6. The molecule has 0 bridgehead atoms. The van der Waals surface area contributed by atoms with E-state index in [2.05, 4.69) is 32.0 Å². The van der Waals surface area contributed by atoms with Gasteiger partial charge >= 0.3 is 0 Å². The molecule has 1 heteroatoms. The Labute approximate surface area is 105 Å². The van der Waals surface area contributed by atoms with Gasteiger partial charge in [-0.25, -0.2) is 0 Å². The largest absolute Gasteiger partial charge is 0.324 e. The lowest BCUT2D eigenvalue weighted by molar-refractivity contribution is 0.544. The zero-order valence-electron chi connectivity index (χ0n) is 11.2. The van der Waals surface area contributed by atoms with Gasteiger partial charge in [-0.2, -0.15) is 0 Å². The third-order valence-corrected chi connectivity index (χ3v) is 3.71. The Morgan fingerprint density at radius 1 is 1.24 bits per heavy atom. The molecule has 0 aromatic heterocycles. The van der Waals surface area contributed by atoms with E-state index in [4.69, 9.17) is 5.73 Å². The lowest BCUT2D eigenvalue weighted by Gasteiger charge is -2.21. The highest BCUT2D eigenvalue weighted by molar-refractivity contribution is 5.35. The van der Waals surface area contributed by atoms with Crippen LogP contribution in [0.3, 0.4) is 0 Å². The second kappa shape index (κ2) is 5.68. The predicted molar refractivity (Wildman–Crippen MR) is 74.1 cm³/mol. The summed E-state index contributed by atoms with van der Waals surface area (Å²) in [5.41, 5.74) is 10.7. The third-order valence-electron chi connectivity index (χ3n) is 3.71. The summed E-state index contributed by atoms with van der Waals surface area (Å²) in [5.74, 6) is 0.720. The predicted octanol–water partition coefficient (Wildman–Crippen LogP) is 4.00. The molecule has 0 amide bonds. The normalized spacial score (nSPS) is 20.8. The summed E-state index contributed by atoms with van der Waals surface area (Å²) in [4.78, 5) is 0. The molecular formula is C16H25N. The zero-order chi connectivity index (χ0) is 12.3. The van der Waals surface area contributed by atoms with E-state index >= 15 is 0 Å². The van der Waals surface area contributed by atoms with Gasteiger partial charge in [0.15, 0.2) is 0 Å². The minimum absolute atomic E-state index is 0.261. The summed E-state index contributed by atoms with van der Waals surface area (Å²) < 4.78 is 0. The van der Waals surface area contributed by atoms with Crippen molar-refractivity contribution in [2.24, 2.45) is 11.7 Å². The molecule has 94 valence electrons. The molecule has 0 fully saturated rings. The van der Waals surface area contributed by atoms with E-state index in [0.29, 0.717) is 0 Å². The van der Waals surface area contributed by atoms with Crippen LogP contribution in [-0.2, 0) is 12.8 Å². The maximum Gasteiger partial charge on any atom is 0.0297 e. The fraction of sp³-hybridized carbons (Fsp3) is 0.625. The Morgan fingerprint density at radius 2 is 2.06 bits per heavy atom. The maximum absolute atomic E-state index is 6.32. The number of rotatable bonds is 2. The van der Waals surface area contributed by atoms with Gasteiger partial charge in [0.1, 0.15) is 0 Å². The van der Waals surface area contributed by atoms with Crippen molar-refractivity contribution in [1.29, 1.82) is 0 Å². The summed E-state index contributed by atoms with van der Waals surface area (Å²) in [6.45, 7) is 4.55. The van der Waals surface area contributed by atoms with Gasteiger partial charge in [0.05, 0.1) is 0 Å². The quantitative estimate of drug-likeness (QED) is 0.818. The lowest BCUT2D eigenvalue weighted by Crippen LogP contribution is -2.15. The highest BCUT2D eigenvalue weighted by Crippen LogP contribution is 2.27. The van der Waals surface area contributed by atoms with Gasteiger partial charge in [-0.05, 0) is 48.3 Å². The smallest absolute Gasteiger partial charge is 0.0297 e. The second-order valence-electron chi connectivity index (χ2n) is 5.84. The van der Waals surface area contributed by atoms with Gasteiger partial charge in [-0.3, -0.25) is 0 Å². The molecule has 0 radical (unpaired) electrons. The van der Waals surface area contributed by atoms with Gasteiger partial charge < -0.3 is 5.73 Å². The summed E-state index contributed by atoms with van der Waals surface area (Å²) in [7, 11) is 0. The molecule has 1 aromatic rings. The average Bonchev–Trinajstić information content (AvgIpc) is 2.26. The van der Waals surface area contributed by atoms with Crippen molar-refractivity contribution >= 4 is 0 Å². The van der Waals surface area contributed by atoms with Crippen LogP contribution in [0.15, 0.2) is 18.2 Å². The van der Waals surface area contributed by atoms with E-state index in [1.165, 1.54) is 48.8 Å². The molecule has 2 rings (SSSR count). The minimum Gasteiger partial charge on any atom is -0.324 e. The zero-order valence-corrected chi connectivity index (χ0v) is 11.2. The third kappa shape index (κ3) is 3.32. The van der Waals surface area contributed by atoms with Gasteiger partial charge in [-0.1, -0.05) is 44.9 Å². The molecule has 1 unspecified atom stereocenters. The highest BCUT2D eigenvalue weighted by atomic mass is 14.6. The Hall–Kier alpha value is -0.820. The first-order valence-corrected chi connectivity index (χ1v) is 7.04. The van der Waals surface area contributed by atoms with Crippen LogP contribution >= 0.6 is 0 Å². The van der Waals surface area contributed by atoms with Crippen LogP contribution in [-0.4, -0.2) is 0 Å². The topological polar surface area (TPSA) is 26.0 Å². The summed E-state index contributed by atoms with van der Waals surface area (Å²) >= 11 is 0. The van der Waals surface area contributed by atoms with E-state index in [-0.39, 0.29) is 6.04 Å². The van der Waals surface area contributed by atoms with Crippen molar-refractivity contribution in [1.82, 2.24) is 0 Å². The Balaban J connectivity index is 2.26. The standard InChI is InChI=1S/C16H25N/c1-12(2)10-13-8-9-14-6-4-3-5-7-16(17)15(14)11-13/h8-9,11-12,16H,3-7,10,17H2,1-2H3. The number of aryl methyl sites for hydroxylation is 1. The molecule has 0 spiro atoms. The van der Waals surface area contributed by atoms with Crippen molar-refractivity contribution in [3.05, 3.63) is 34.9 Å². The van der Waals surface area contributed by atoms with Crippen LogP contribution in [0, 0.1) is 5.92 Å². The number of hydrogen-bond donors (Lipinski definition) is 1. The molecule has 17 heavy (non-hydrogen) atoms. The molecule has 1 atom stereocenters. The summed E-state index contributed by atoms with van der Waals surface area (Å²) in [5, 5.41) is 0. The first-order chi connectivity index (χ1) is 8.16. The molecule has 0 saturated carbocycles. The Bertz CT molecular complexity index is 368. The maximum atomic E-state index is 6.32. The lowest BCUT2D eigenvalue weighted by atomic mass is 9.88. The van der Waals surface area contributed by atoms with Crippen LogP contribution in [0.4, 0.5) is 0 Å². The molecular weight excluding hydrogens is 206 g/mol. The molecule has 1 aliphatic rings. The second-order valence-corrected chi connectivity index (χ2v) is 5.84. The number of benzene rings is 1. The molecule has 0 saturated heterocycles. The fourth-order valence-corrected chi connectivity index (χ4v) is 2.83. The van der Waals surface area contributed by atoms with Gasteiger partial charge in [-0.15, -0.1) is 0 Å². The minimum atomic E-state index is 0.261.